The average molecular weight is 295 g/mol. The van der Waals surface area contributed by atoms with Gasteiger partial charge in [0.05, 0.1) is 5.39 Å². The minimum Gasteiger partial charge on any atom is -0.484 e. The van der Waals surface area contributed by atoms with Gasteiger partial charge in [-0.15, -0.1) is 0 Å². The molecule has 0 saturated carbocycles. The van der Waals surface area contributed by atoms with Gasteiger partial charge in [-0.3, -0.25) is 9.59 Å². The lowest BCUT2D eigenvalue weighted by Gasteiger charge is -2.06. The molecule has 0 aliphatic carbocycles. The van der Waals surface area contributed by atoms with Crippen LogP contribution in [0.4, 0.5) is 0 Å². The first-order valence-corrected chi connectivity index (χ1v) is 6.68. The van der Waals surface area contributed by atoms with Gasteiger partial charge in [0, 0.05) is 17.7 Å². The third-order valence-corrected chi connectivity index (χ3v) is 3.14. The molecule has 5 heteroatoms. The Morgan fingerprint density at radius 2 is 1.86 bits per heavy atom. The van der Waals surface area contributed by atoms with E-state index in [9.17, 15) is 9.59 Å². The molecule has 0 unspecified atom stereocenters. The third kappa shape index (κ3) is 2.83. The van der Waals surface area contributed by atoms with Crippen molar-refractivity contribution in [3.63, 3.8) is 0 Å². The van der Waals surface area contributed by atoms with Crippen molar-refractivity contribution in [3.05, 3.63) is 64.8 Å². The maximum atomic E-state index is 12.2. The highest BCUT2D eigenvalue weighted by molar-refractivity contribution is 5.80. The number of carbonyl (C=O) groups is 1. The maximum absolute atomic E-state index is 12.2. The number of primary amides is 1. The van der Waals surface area contributed by atoms with E-state index in [1.54, 1.807) is 18.2 Å². The normalized spacial score (nSPS) is 10.5. The number of ether oxygens (including phenoxy) is 1. The number of hydrogen-bond donors (Lipinski definition) is 1. The van der Waals surface area contributed by atoms with E-state index >= 15 is 0 Å². The standard InChI is InChI=1S/C17H13NO4/c18-17(20)10-21-12-6-7-13-14(19)9-15(22-16(13)8-12)11-4-2-1-3-5-11/h1-9H,10H2,(H2,18,20). The first-order valence-electron chi connectivity index (χ1n) is 6.68. The third-order valence-electron chi connectivity index (χ3n) is 3.14. The van der Waals surface area contributed by atoms with Crippen LogP contribution in [0, 0.1) is 0 Å². The Bertz CT molecular complexity index is 884. The smallest absolute Gasteiger partial charge is 0.255 e. The van der Waals surface area contributed by atoms with Crippen LogP contribution in [-0.4, -0.2) is 12.5 Å². The Kier molecular flexibility index (Phi) is 3.62. The van der Waals surface area contributed by atoms with Crippen LogP contribution < -0.4 is 15.9 Å². The number of fused-ring (bicyclic) bond motifs is 1. The molecule has 0 aliphatic heterocycles. The van der Waals surface area contributed by atoms with Crippen molar-refractivity contribution >= 4 is 16.9 Å². The molecule has 3 aromatic rings. The number of hydrogen-bond acceptors (Lipinski definition) is 4. The summed E-state index contributed by atoms with van der Waals surface area (Å²) in [6.07, 6.45) is 0. The molecule has 2 N–H and O–H groups in total. The molecule has 2 aromatic carbocycles. The van der Waals surface area contributed by atoms with Crippen molar-refractivity contribution < 1.29 is 13.9 Å². The molecule has 1 heterocycles. The molecule has 0 fully saturated rings. The van der Waals surface area contributed by atoms with E-state index in [1.807, 2.05) is 30.3 Å². The quantitative estimate of drug-likeness (QED) is 0.800. The number of benzene rings is 2. The summed E-state index contributed by atoms with van der Waals surface area (Å²) in [5, 5.41) is 0.450. The highest BCUT2D eigenvalue weighted by Gasteiger charge is 2.08. The van der Waals surface area contributed by atoms with Crippen molar-refractivity contribution in [1.82, 2.24) is 0 Å². The zero-order valence-electron chi connectivity index (χ0n) is 11.6. The van der Waals surface area contributed by atoms with Crippen molar-refractivity contribution in [1.29, 1.82) is 0 Å². The highest BCUT2D eigenvalue weighted by atomic mass is 16.5. The maximum Gasteiger partial charge on any atom is 0.255 e. The van der Waals surface area contributed by atoms with Gasteiger partial charge in [-0.05, 0) is 12.1 Å². The highest BCUT2D eigenvalue weighted by Crippen LogP contribution is 2.24. The van der Waals surface area contributed by atoms with Crippen molar-refractivity contribution in [2.75, 3.05) is 6.61 Å². The fourth-order valence-electron chi connectivity index (χ4n) is 2.12. The monoisotopic (exact) mass is 295 g/mol. The van der Waals surface area contributed by atoms with E-state index in [-0.39, 0.29) is 12.0 Å². The summed E-state index contributed by atoms with van der Waals surface area (Å²) in [6.45, 7) is -0.228. The average Bonchev–Trinajstić information content (AvgIpc) is 2.53. The Labute approximate surface area is 125 Å². The van der Waals surface area contributed by atoms with E-state index in [0.717, 1.165) is 5.56 Å². The van der Waals surface area contributed by atoms with E-state index in [0.29, 0.717) is 22.5 Å². The number of carbonyl (C=O) groups excluding carboxylic acids is 1. The molecule has 0 atom stereocenters. The molecule has 22 heavy (non-hydrogen) atoms. The molecule has 0 aliphatic rings. The molecule has 110 valence electrons. The first kappa shape index (κ1) is 13.9. The van der Waals surface area contributed by atoms with Gasteiger partial charge in [-0.2, -0.15) is 0 Å². The van der Waals surface area contributed by atoms with Crippen LogP contribution in [0.2, 0.25) is 0 Å². The van der Waals surface area contributed by atoms with E-state index in [2.05, 4.69) is 0 Å². The minimum absolute atomic E-state index is 0.137. The number of amides is 1. The van der Waals surface area contributed by atoms with E-state index in [1.165, 1.54) is 6.07 Å². The SMILES string of the molecule is NC(=O)COc1ccc2c(=O)cc(-c3ccccc3)oc2c1. The summed E-state index contributed by atoms with van der Waals surface area (Å²) >= 11 is 0. The van der Waals surface area contributed by atoms with Crippen LogP contribution in [0.25, 0.3) is 22.3 Å². The van der Waals surface area contributed by atoms with Crippen LogP contribution in [0.15, 0.2) is 63.8 Å². The Morgan fingerprint density at radius 1 is 1.09 bits per heavy atom. The molecular weight excluding hydrogens is 282 g/mol. The molecule has 3 rings (SSSR count). The van der Waals surface area contributed by atoms with Crippen LogP contribution in [0.3, 0.4) is 0 Å². The van der Waals surface area contributed by atoms with E-state index in [4.69, 9.17) is 14.9 Å². The van der Waals surface area contributed by atoms with Crippen LogP contribution in [0.1, 0.15) is 0 Å². The van der Waals surface area contributed by atoms with Crippen LogP contribution in [-0.2, 0) is 4.79 Å². The zero-order chi connectivity index (χ0) is 15.5. The van der Waals surface area contributed by atoms with Crippen molar-refractivity contribution in [2.45, 2.75) is 0 Å². The summed E-state index contributed by atoms with van der Waals surface area (Å²) in [5.41, 5.74) is 6.11. The van der Waals surface area contributed by atoms with E-state index < -0.39 is 5.91 Å². The second-order valence-electron chi connectivity index (χ2n) is 4.75. The van der Waals surface area contributed by atoms with Gasteiger partial charge in [0.15, 0.2) is 12.0 Å². The Balaban J connectivity index is 2.07. The zero-order valence-corrected chi connectivity index (χ0v) is 11.6. The number of nitrogens with two attached hydrogens (primary N) is 1. The van der Waals surface area contributed by atoms with Gasteiger partial charge in [0.2, 0.25) is 0 Å². The predicted molar refractivity (Wildman–Crippen MR) is 82.6 cm³/mol. The molecule has 0 saturated heterocycles. The van der Waals surface area contributed by atoms with Gasteiger partial charge in [0.1, 0.15) is 17.1 Å². The van der Waals surface area contributed by atoms with Crippen molar-refractivity contribution in [2.24, 2.45) is 5.73 Å². The van der Waals surface area contributed by atoms with Gasteiger partial charge in [0.25, 0.3) is 5.91 Å². The molecule has 1 aromatic heterocycles. The predicted octanol–water partition coefficient (Wildman–Crippen LogP) is 2.32. The molecule has 1 amide bonds. The van der Waals surface area contributed by atoms with Gasteiger partial charge >= 0.3 is 0 Å². The summed E-state index contributed by atoms with van der Waals surface area (Å²) in [7, 11) is 0. The summed E-state index contributed by atoms with van der Waals surface area (Å²) in [6, 6.07) is 15.6. The largest absolute Gasteiger partial charge is 0.484 e. The minimum atomic E-state index is -0.570. The topological polar surface area (TPSA) is 82.5 Å². The summed E-state index contributed by atoms with van der Waals surface area (Å²) in [5.74, 6) is 0.324. The van der Waals surface area contributed by atoms with Crippen LogP contribution >= 0.6 is 0 Å². The second kappa shape index (κ2) is 5.73. The summed E-state index contributed by atoms with van der Waals surface area (Å²) in [4.78, 5) is 22.9. The molecule has 5 nitrogen and oxygen atoms in total. The number of rotatable bonds is 4. The fourth-order valence-corrected chi connectivity index (χ4v) is 2.12. The van der Waals surface area contributed by atoms with Crippen LogP contribution in [0.5, 0.6) is 5.75 Å². The second-order valence-corrected chi connectivity index (χ2v) is 4.75. The lowest BCUT2D eigenvalue weighted by Crippen LogP contribution is -2.20. The van der Waals surface area contributed by atoms with Crippen molar-refractivity contribution in [3.8, 4) is 17.1 Å². The van der Waals surface area contributed by atoms with Gasteiger partial charge in [-0.1, -0.05) is 30.3 Å². The Morgan fingerprint density at radius 3 is 2.59 bits per heavy atom. The first-order chi connectivity index (χ1) is 10.6. The summed E-state index contributed by atoms with van der Waals surface area (Å²) < 4.78 is 11.0. The molecule has 0 bridgehead atoms. The molecule has 0 radical (unpaired) electrons. The fraction of sp³-hybridized carbons (Fsp3) is 0.0588. The molecule has 0 spiro atoms. The van der Waals surface area contributed by atoms with Gasteiger partial charge < -0.3 is 14.9 Å². The lowest BCUT2D eigenvalue weighted by molar-refractivity contribution is -0.119. The Hall–Kier alpha value is -3.08. The molecular formula is C17H13NO4. The van der Waals surface area contributed by atoms with Gasteiger partial charge in [-0.25, -0.2) is 0 Å². The lowest BCUT2D eigenvalue weighted by atomic mass is 10.1.